The predicted molar refractivity (Wildman–Crippen MR) is 46.7 cm³/mol. The second-order valence-electron chi connectivity index (χ2n) is 3.27. The highest BCUT2D eigenvalue weighted by atomic mass is 16.5. The van der Waals surface area contributed by atoms with E-state index in [1.54, 1.807) is 0 Å². The molecular formula is C9H19NO. The lowest BCUT2D eigenvalue weighted by Crippen LogP contribution is -2.35. The summed E-state index contributed by atoms with van der Waals surface area (Å²) in [7, 11) is 1.82. The quantitative estimate of drug-likeness (QED) is 0.668. The Morgan fingerprint density at radius 2 is 2.45 bits per heavy atom. The largest absolute Gasteiger partial charge is 0.380 e. The van der Waals surface area contributed by atoms with Crippen LogP contribution < -0.4 is 5.32 Å². The lowest BCUT2D eigenvalue weighted by atomic mass is 10.1. The Kier molecular flexibility index (Phi) is 3.87. The molecule has 0 aromatic rings. The van der Waals surface area contributed by atoms with Crippen molar-refractivity contribution in [2.45, 2.75) is 44.8 Å². The zero-order valence-electron chi connectivity index (χ0n) is 7.60. The number of rotatable bonds is 4. The molecule has 0 amide bonds. The molecular weight excluding hydrogens is 138 g/mol. The van der Waals surface area contributed by atoms with Crippen molar-refractivity contribution in [3.8, 4) is 0 Å². The molecule has 1 N–H and O–H groups in total. The molecule has 1 rings (SSSR count). The number of nitrogens with one attached hydrogen (secondary N) is 1. The fraction of sp³-hybridized carbons (Fsp3) is 1.00. The van der Waals surface area contributed by atoms with Crippen molar-refractivity contribution in [3.05, 3.63) is 0 Å². The van der Waals surface area contributed by atoms with Gasteiger partial charge in [-0.25, -0.2) is 0 Å². The number of ether oxygens (including phenoxy) is 1. The summed E-state index contributed by atoms with van der Waals surface area (Å²) in [4.78, 5) is 0. The van der Waals surface area contributed by atoms with Crippen LogP contribution >= 0.6 is 0 Å². The average molecular weight is 157 g/mol. The second kappa shape index (κ2) is 4.73. The first-order valence-electron chi connectivity index (χ1n) is 4.64. The topological polar surface area (TPSA) is 21.3 Å². The lowest BCUT2D eigenvalue weighted by molar-refractivity contribution is 0.0668. The summed E-state index contributed by atoms with van der Waals surface area (Å²) in [5.41, 5.74) is 0. The highest BCUT2D eigenvalue weighted by molar-refractivity contribution is 4.81. The molecule has 2 unspecified atom stereocenters. The molecule has 1 saturated heterocycles. The van der Waals surface area contributed by atoms with Crippen molar-refractivity contribution in [2.75, 3.05) is 13.7 Å². The normalized spacial score (nSPS) is 27.3. The smallest absolute Gasteiger partial charge is 0.0724 e. The molecule has 0 spiro atoms. The Labute approximate surface area is 69.3 Å². The van der Waals surface area contributed by atoms with Crippen LogP contribution in [-0.2, 0) is 4.74 Å². The Morgan fingerprint density at radius 3 is 2.91 bits per heavy atom. The van der Waals surface area contributed by atoms with Crippen LogP contribution in [0, 0.1) is 0 Å². The van der Waals surface area contributed by atoms with Crippen molar-refractivity contribution in [1.29, 1.82) is 0 Å². The molecule has 0 radical (unpaired) electrons. The molecule has 2 atom stereocenters. The summed E-state index contributed by atoms with van der Waals surface area (Å²) in [5, 5.41) is 3.47. The van der Waals surface area contributed by atoms with Gasteiger partial charge in [-0.15, -0.1) is 0 Å². The lowest BCUT2D eigenvalue weighted by Gasteiger charge is -2.21. The van der Waals surface area contributed by atoms with Gasteiger partial charge >= 0.3 is 0 Å². The van der Waals surface area contributed by atoms with Gasteiger partial charge in [0.25, 0.3) is 0 Å². The molecule has 11 heavy (non-hydrogen) atoms. The first-order chi connectivity index (χ1) is 5.38. The third-order valence-corrected chi connectivity index (χ3v) is 2.42. The molecule has 1 aliphatic rings. The van der Waals surface area contributed by atoms with E-state index in [0.29, 0.717) is 12.1 Å². The Bertz CT molecular complexity index is 99.7. The Hall–Kier alpha value is -0.0800. The highest BCUT2D eigenvalue weighted by Gasteiger charge is 2.22. The monoisotopic (exact) mass is 157 g/mol. The molecule has 0 aromatic carbocycles. The van der Waals surface area contributed by atoms with E-state index in [1.807, 2.05) is 7.11 Å². The van der Waals surface area contributed by atoms with Crippen LogP contribution in [0.4, 0.5) is 0 Å². The fourth-order valence-electron chi connectivity index (χ4n) is 1.80. The van der Waals surface area contributed by atoms with Crippen molar-refractivity contribution >= 4 is 0 Å². The van der Waals surface area contributed by atoms with Crippen LogP contribution in [-0.4, -0.2) is 25.8 Å². The summed E-state index contributed by atoms with van der Waals surface area (Å²) < 4.78 is 5.41. The molecule has 66 valence electrons. The Morgan fingerprint density at radius 1 is 1.64 bits per heavy atom. The number of hydrogen-bond donors (Lipinski definition) is 1. The zero-order chi connectivity index (χ0) is 8.10. The molecule has 1 aliphatic heterocycles. The maximum Gasteiger partial charge on any atom is 0.0724 e. The molecule has 1 fully saturated rings. The maximum absolute atomic E-state index is 5.41. The van der Waals surface area contributed by atoms with E-state index in [0.717, 1.165) is 0 Å². The summed E-state index contributed by atoms with van der Waals surface area (Å²) in [5.74, 6) is 0. The van der Waals surface area contributed by atoms with E-state index in [1.165, 1.54) is 32.2 Å². The molecule has 0 aromatic heterocycles. The second-order valence-corrected chi connectivity index (χ2v) is 3.27. The van der Waals surface area contributed by atoms with E-state index in [9.17, 15) is 0 Å². The molecule has 2 heteroatoms. The van der Waals surface area contributed by atoms with E-state index >= 15 is 0 Å². The average Bonchev–Trinajstić information content (AvgIpc) is 2.52. The van der Waals surface area contributed by atoms with Crippen LogP contribution in [0.2, 0.25) is 0 Å². The third kappa shape index (κ3) is 2.46. The van der Waals surface area contributed by atoms with Gasteiger partial charge in [-0.2, -0.15) is 0 Å². The first kappa shape index (κ1) is 9.01. The van der Waals surface area contributed by atoms with Gasteiger partial charge in [0.1, 0.15) is 0 Å². The summed E-state index contributed by atoms with van der Waals surface area (Å²) in [6.07, 6.45) is 5.46. The van der Waals surface area contributed by atoms with Gasteiger partial charge in [-0.1, -0.05) is 13.3 Å². The minimum atomic E-state index is 0.447. The van der Waals surface area contributed by atoms with E-state index < -0.39 is 0 Å². The van der Waals surface area contributed by atoms with Crippen LogP contribution in [0.25, 0.3) is 0 Å². The van der Waals surface area contributed by atoms with Gasteiger partial charge in [0.15, 0.2) is 0 Å². The van der Waals surface area contributed by atoms with E-state index in [2.05, 4.69) is 12.2 Å². The number of methoxy groups -OCH3 is 1. The Balaban J connectivity index is 2.27. The van der Waals surface area contributed by atoms with Crippen molar-refractivity contribution in [3.63, 3.8) is 0 Å². The summed E-state index contributed by atoms with van der Waals surface area (Å²) in [6, 6.07) is 0.625. The minimum Gasteiger partial charge on any atom is -0.380 e. The van der Waals surface area contributed by atoms with Crippen LogP contribution in [0.1, 0.15) is 32.6 Å². The maximum atomic E-state index is 5.41. The SMILES string of the molecule is CCCC(OC)C1CCCN1. The van der Waals surface area contributed by atoms with Crippen molar-refractivity contribution in [1.82, 2.24) is 5.32 Å². The van der Waals surface area contributed by atoms with E-state index in [4.69, 9.17) is 4.74 Å². The fourth-order valence-corrected chi connectivity index (χ4v) is 1.80. The molecule has 2 nitrogen and oxygen atoms in total. The first-order valence-corrected chi connectivity index (χ1v) is 4.64. The van der Waals surface area contributed by atoms with Gasteiger partial charge in [-0.05, 0) is 25.8 Å². The molecule has 0 saturated carbocycles. The van der Waals surface area contributed by atoms with Gasteiger partial charge < -0.3 is 10.1 Å². The van der Waals surface area contributed by atoms with Crippen molar-refractivity contribution in [2.24, 2.45) is 0 Å². The summed E-state index contributed by atoms with van der Waals surface area (Å²) in [6.45, 7) is 3.38. The summed E-state index contributed by atoms with van der Waals surface area (Å²) >= 11 is 0. The number of hydrogen-bond acceptors (Lipinski definition) is 2. The minimum absolute atomic E-state index is 0.447. The predicted octanol–water partition coefficient (Wildman–Crippen LogP) is 1.55. The zero-order valence-corrected chi connectivity index (χ0v) is 7.60. The highest BCUT2D eigenvalue weighted by Crippen LogP contribution is 2.15. The van der Waals surface area contributed by atoms with Crippen LogP contribution in [0.3, 0.4) is 0 Å². The molecule has 1 heterocycles. The van der Waals surface area contributed by atoms with E-state index in [-0.39, 0.29) is 0 Å². The van der Waals surface area contributed by atoms with Gasteiger partial charge in [0, 0.05) is 13.2 Å². The van der Waals surface area contributed by atoms with Crippen LogP contribution in [0.5, 0.6) is 0 Å². The van der Waals surface area contributed by atoms with Gasteiger partial charge in [0.05, 0.1) is 6.10 Å². The van der Waals surface area contributed by atoms with Gasteiger partial charge in [0.2, 0.25) is 0 Å². The molecule has 0 bridgehead atoms. The van der Waals surface area contributed by atoms with Gasteiger partial charge in [-0.3, -0.25) is 0 Å². The van der Waals surface area contributed by atoms with Crippen molar-refractivity contribution < 1.29 is 4.74 Å². The standard InChI is InChI=1S/C9H19NO/c1-3-5-9(11-2)8-6-4-7-10-8/h8-10H,3-7H2,1-2H3. The molecule has 0 aliphatic carbocycles. The third-order valence-electron chi connectivity index (χ3n) is 2.42. The van der Waals surface area contributed by atoms with Crippen LogP contribution in [0.15, 0.2) is 0 Å².